The van der Waals surface area contributed by atoms with Crippen molar-refractivity contribution in [2.45, 2.75) is 12.7 Å². The van der Waals surface area contributed by atoms with Gasteiger partial charge in [0.1, 0.15) is 0 Å². The topological polar surface area (TPSA) is 51.2 Å². The molecular formula is C16H13ClF2N2O2. The van der Waals surface area contributed by atoms with Crippen molar-refractivity contribution < 1.29 is 18.3 Å². The molecule has 0 bridgehead atoms. The molecule has 120 valence electrons. The molecule has 4 nitrogen and oxygen atoms in total. The van der Waals surface area contributed by atoms with E-state index in [1.165, 1.54) is 12.3 Å². The number of hydrogen-bond acceptors (Lipinski definition) is 3. The van der Waals surface area contributed by atoms with Crippen molar-refractivity contribution in [1.82, 2.24) is 10.3 Å². The van der Waals surface area contributed by atoms with Crippen LogP contribution in [0.3, 0.4) is 0 Å². The van der Waals surface area contributed by atoms with E-state index in [4.69, 9.17) is 11.6 Å². The van der Waals surface area contributed by atoms with E-state index in [2.05, 4.69) is 21.6 Å². The van der Waals surface area contributed by atoms with Gasteiger partial charge in [0.05, 0.1) is 6.04 Å². The van der Waals surface area contributed by atoms with Gasteiger partial charge in [-0.1, -0.05) is 30.3 Å². The summed E-state index contributed by atoms with van der Waals surface area (Å²) in [4.78, 5) is 15.5. The van der Waals surface area contributed by atoms with Crippen LogP contribution in [-0.2, 0) is 4.79 Å². The fourth-order valence-electron chi connectivity index (χ4n) is 1.94. The molecule has 1 unspecified atom stereocenters. The molecule has 1 N–H and O–H groups in total. The molecular weight excluding hydrogens is 326 g/mol. The van der Waals surface area contributed by atoms with Crippen molar-refractivity contribution in [2.75, 3.05) is 0 Å². The summed E-state index contributed by atoms with van der Waals surface area (Å²) >= 11 is 5.86. The highest BCUT2D eigenvalue weighted by Gasteiger charge is 2.17. The molecule has 0 saturated heterocycles. The molecule has 0 spiro atoms. The second-order valence-electron chi connectivity index (χ2n) is 4.51. The minimum atomic E-state index is -2.94. The normalized spacial score (nSPS) is 11.8. The minimum Gasteiger partial charge on any atom is -0.417 e. The molecule has 2 aromatic rings. The number of hydrogen-bond donors (Lipinski definition) is 1. The fraction of sp³-hybridized carbons (Fsp3) is 0.125. The van der Waals surface area contributed by atoms with Crippen LogP contribution in [0.25, 0.3) is 0 Å². The van der Waals surface area contributed by atoms with E-state index < -0.39 is 12.7 Å². The molecule has 1 atom stereocenters. The molecule has 0 fully saturated rings. The highest BCUT2D eigenvalue weighted by atomic mass is 35.5. The second kappa shape index (κ2) is 7.69. The minimum absolute atomic E-state index is 0.200. The Labute approximate surface area is 136 Å². The molecule has 2 rings (SSSR count). The Morgan fingerprint density at radius 3 is 2.39 bits per heavy atom. The number of carbonyl (C=O) groups excluding carboxylic acids is 1. The van der Waals surface area contributed by atoms with Gasteiger partial charge in [0.25, 0.3) is 0 Å². The number of benzene rings is 1. The first-order valence-corrected chi connectivity index (χ1v) is 6.96. The third-order valence-corrected chi connectivity index (χ3v) is 3.23. The monoisotopic (exact) mass is 338 g/mol. The first-order valence-electron chi connectivity index (χ1n) is 6.58. The number of amides is 1. The Hall–Kier alpha value is -2.47. The van der Waals surface area contributed by atoms with Gasteiger partial charge in [-0.2, -0.15) is 8.78 Å². The highest BCUT2D eigenvalue weighted by Crippen LogP contribution is 2.24. The van der Waals surface area contributed by atoms with Crippen LogP contribution in [0.5, 0.6) is 5.88 Å². The van der Waals surface area contributed by atoms with E-state index in [9.17, 15) is 13.6 Å². The van der Waals surface area contributed by atoms with Crippen LogP contribution in [0.15, 0.2) is 55.3 Å². The Kier molecular flexibility index (Phi) is 5.65. The fourth-order valence-corrected chi connectivity index (χ4v) is 2.07. The number of pyridine rings is 1. The Balaban J connectivity index is 2.31. The summed E-state index contributed by atoms with van der Waals surface area (Å²) in [6, 6.07) is 9.21. The van der Waals surface area contributed by atoms with Crippen LogP contribution in [0.1, 0.15) is 17.2 Å². The third kappa shape index (κ3) is 4.75. The van der Waals surface area contributed by atoms with Crippen LogP contribution in [0.2, 0.25) is 5.02 Å². The Morgan fingerprint density at radius 1 is 1.22 bits per heavy atom. The summed E-state index contributed by atoms with van der Waals surface area (Å²) in [5.41, 5.74) is 1.36. The number of ether oxygens (including phenoxy) is 1. The SMILES string of the molecule is C=CC(=O)NC(c1ccc(Cl)cc1)c1ccc(OC(F)F)nc1. The predicted molar refractivity (Wildman–Crippen MR) is 82.5 cm³/mol. The Bertz CT molecular complexity index is 675. The van der Waals surface area contributed by atoms with Gasteiger partial charge in [-0.05, 0) is 35.4 Å². The maximum atomic E-state index is 12.2. The number of carbonyl (C=O) groups is 1. The average Bonchev–Trinajstić information content (AvgIpc) is 2.54. The van der Waals surface area contributed by atoms with Crippen molar-refractivity contribution >= 4 is 17.5 Å². The predicted octanol–water partition coefficient (Wildman–Crippen LogP) is 3.73. The number of rotatable bonds is 6. The van der Waals surface area contributed by atoms with Crippen molar-refractivity contribution in [3.05, 3.63) is 71.4 Å². The molecule has 0 saturated carbocycles. The van der Waals surface area contributed by atoms with Gasteiger partial charge in [-0.3, -0.25) is 4.79 Å². The molecule has 0 radical (unpaired) electrons. The number of aromatic nitrogens is 1. The van der Waals surface area contributed by atoms with Gasteiger partial charge in [0.2, 0.25) is 11.8 Å². The van der Waals surface area contributed by atoms with Gasteiger partial charge >= 0.3 is 6.61 Å². The summed E-state index contributed by atoms with van der Waals surface area (Å²) in [5, 5.41) is 3.31. The zero-order valence-corrected chi connectivity index (χ0v) is 12.6. The van der Waals surface area contributed by atoms with Gasteiger partial charge in [0.15, 0.2) is 0 Å². The maximum absolute atomic E-state index is 12.2. The van der Waals surface area contributed by atoms with Crippen molar-refractivity contribution in [1.29, 1.82) is 0 Å². The molecule has 0 aliphatic carbocycles. The van der Waals surface area contributed by atoms with Gasteiger partial charge < -0.3 is 10.1 Å². The van der Waals surface area contributed by atoms with Gasteiger partial charge in [-0.25, -0.2) is 4.98 Å². The molecule has 1 aromatic carbocycles. The molecule has 0 aliphatic rings. The smallest absolute Gasteiger partial charge is 0.388 e. The summed E-state index contributed by atoms with van der Waals surface area (Å²) in [6.45, 7) is 0.466. The van der Waals surface area contributed by atoms with E-state index in [1.807, 2.05) is 0 Å². The lowest BCUT2D eigenvalue weighted by molar-refractivity contribution is -0.116. The number of nitrogens with zero attached hydrogens (tertiary/aromatic N) is 1. The summed E-state index contributed by atoms with van der Waals surface area (Å²) in [6.07, 6.45) is 2.50. The number of nitrogens with one attached hydrogen (secondary N) is 1. The second-order valence-corrected chi connectivity index (χ2v) is 4.94. The van der Waals surface area contributed by atoms with Crippen LogP contribution >= 0.6 is 11.6 Å². The van der Waals surface area contributed by atoms with Gasteiger partial charge in [-0.15, -0.1) is 0 Å². The maximum Gasteiger partial charge on any atom is 0.388 e. The van der Waals surface area contributed by atoms with Crippen molar-refractivity contribution in [2.24, 2.45) is 0 Å². The molecule has 7 heteroatoms. The number of halogens is 3. The zero-order chi connectivity index (χ0) is 16.8. The quantitative estimate of drug-likeness (QED) is 0.817. The van der Waals surface area contributed by atoms with Gasteiger partial charge in [0, 0.05) is 17.3 Å². The molecule has 1 amide bonds. The lowest BCUT2D eigenvalue weighted by Crippen LogP contribution is -2.27. The van der Waals surface area contributed by atoms with Crippen LogP contribution in [-0.4, -0.2) is 17.5 Å². The first-order chi connectivity index (χ1) is 11.0. The summed E-state index contributed by atoms with van der Waals surface area (Å²) in [7, 11) is 0. The highest BCUT2D eigenvalue weighted by molar-refractivity contribution is 6.30. The largest absolute Gasteiger partial charge is 0.417 e. The molecule has 1 heterocycles. The third-order valence-electron chi connectivity index (χ3n) is 2.98. The number of alkyl halides is 2. The lowest BCUT2D eigenvalue weighted by atomic mass is 10.00. The van der Waals surface area contributed by atoms with E-state index in [0.29, 0.717) is 10.6 Å². The van der Waals surface area contributed by atoms with Crippen molar-refractivity contribution in [3.63, 3.8) is 0 Å². The van der Waals surface area contributed by atoms with E-state index >= 15 is 0 Å². The van der Waals surface area contributed by atoms with E-state index in [0.717, 1.165) is 11.6 Å². The molecule has 0 aliphatic heterocycles. The molecule has 1 aromatic heterocycles. The standard InChI is InChI=1S/C16H13ClF2N2O2/c1-2-13(22)21-15(10-3-6-12(17)7-4-10)11-5-8-14(20-9-11)23-16(18)19/h2-9,15-16H,1H2,(H,21,22). The lowest BCUT2D eigenvalue weighted by Gasteiger charge is -2.19. The van der Waals surface area contributed by atoms with E-state index in [-0.39, 0.29) is 11.8 Å². The molecule has 23 heavy (non-hydrogen) atoms. The zero-order valence-electron chi connectivity index (χ0n) is 11.9. The average molecular weight is 339 g/mol. The van der Waals surface area contributed by atoms with Crippen molar-refractivity contribution in [3.8, 4) is 5.88 Å². The first kappa shape index (κ1) is 16.9. The van der Waals surface area contributed by atoms with Crippen LogP contribution in [0, 0.1) is 0 Å². The Morgan fingerprint density at radius 2 is 1.87 bits per heavy atom. The van der Waals surface area contributed by atoms with Crippen LogP contribution in [0.4, 0.5) is 8.78 Å². The summed E-state index contributed by atoms with van der Waals surface area (Å²) in [5.74, 6) is -0.577. The summed E-state index contributed by atoms with van der Waals surface area (Å²) < 4.78 is 28.5. The van der Waals surface area contributed by atoms with Crippen LogP contribution < -0.4 is 10.1 Å². The van der Waals surface area contributed by atoms with E-state index in [1.54, 1.807) is 30.3 Å².